The molecule has 2 aromatic rings. The van der Waals surface area contributed by atoms with Crippen LogP contribution in [0, 0.1) is 5.82 Å². The van der Waals surface area contributed by atoms with Crippen LogP contribution in [0.15, 0.2) is 48.5 Å². The molecular formula is C24H32ClFN4O4S. The first-order valence-corrected chi connectivity index (χ1v) is 13.0. The summed E-state index contributed by atoms with van der Waals surface area (Å²) < 4.78 is 41.4. The van der Waals surface area contributed by atoms with Crippen molar-refractivity contribution < 1.29 is 22.4 Å². The molecular weight excluding hydrogens is 495 g/mol. The molecule has 0 saturated heterocycles. The van der Waals surface area contributed by atoms with Crippen molar-refractivity contribution >= 4 is 39.3 Å². The Labute approximate surface area is 211 Å². The zero-order chi connectivity index (χ0) is 26.2. The highest BCUT2D eigenvalue weighted by molar-refractivity contribution is 7.90. The van der Waals surface area contributed by atoms with Gasteiger partial charge < -0.3 is 10.2 Å². The molecule has 192 valence electrons. The second-order valence-corrected chi connectivity index (χ2v) is 10.7. The van der Waals surface area contributed by atoms with Crippen molar-refractivity contribution in [1.82, 2.24) is 14.5 Å². The van der Waals surface area contributed by atoms with Crippen LogP contribution in [0.2, 0.25) is 5.02 Å². The Morgan fingerprint density at radius 2 is 1.77 bits per heavy atom. The van der Waals surface area contributed by atoms with Crippen LogP contribution in [0.4, 0.5) is 10.1 Å². The molecule has 0 radical (unpaired) electrons. The van der Waals surface area contributed by atoms with E-state index in [0.717, 1.165) is 33.6 Å². The van der Waals surface area contributed by atoms with E-state index in [1.807, 2.05) is 6.92 Å². The van der Waals surface area contributed by atoms with Gasteiger partial charge in [0.05, 0.1) is 5.69 Å². The zero-order valence-corrected chi connectivity index (χ0v) is 21.9. The van der Waals surface area contributed by atoms with Crippen LogP contribution in [-0.4, -0.2) is 62.7 Å². The lowest BCUT2D eigenvalue weighted by Gasteiger charge is -2.32. The van der Waals surface area contributed by atoms with Gasteiger partial charge in [0, 0.05) is 32.2 Å². The molecule has 35 heavy (non-hydrogen) atoms. The summed E-state index contributed by atoms with van der Waals surface area (Å²) >= 11 is 6.10. The minimum Gasteiger partial charge on any atom is -0.354 e. The maximum absolute atomic E-state index is 13.5. The molecule has 0 aliphatic heterocycles. The lowest BCUT2D eigenvalue weighted by molar-refractivity contribution is -0.139. The normalized spacial score (nSPS) is 12.3. The summed E-state index contributed by atoms with van der Waals surface area (Å²) in [4.78, 5) is 27.7. The summed E-state index contributed by atoms with van der Waals surface area (Å²) in [6.45, 7) is 3.52. The lowest BCUT2D eigenvalue weighted by atomic mass is 10.1. The summed E-state index contributed by atoms with van der Waals surface area (Å²) in [5.41, 5.74) is 0.805. The van der Waals surface area contributed by atoms with Crippen LogP contribution in [0.1, 0.15) is 32.3 Å². The molecule has 0 unspecified atom stereocenters. The molecule has 2 aromatic carbocycles. The van der Waals surface area contributed by atoms with Gasteiger partial charge in [-0.1, -0.05) is 37.1 Å². The van der Waals surface area contributed by atoms with Gasteiger partial charge in [-0.3, -0.25) is 9.59 Å². The second kappa shape index (κ2) is 12.9. The predicted molar refractivity (Wildman–Crippen MR) is 136 cm³/mol. The van der Waals surface area contributed by atoms with Crippen molar-refractivity contribution in [2.24, 2.45) is 0 Å². The molecule has 1 N–H and O–H groups in total. The zero-order valence-electron chi connectivity index (χ0n) is 20.4. The average molecular weight is 527 g/mol. The number of benzene rings is 2. The first-order chi connectivity index (χ1) is 16.5. The van der Waals surface area contributed by atoms with E-state index in [1.165, 1.54) is 31.1 Å². The molecule has 0 heterocycles. The van der Waals surface area contributed by atoms with Crippen LogP contribution in [0.25, 0.3) is 0 Å². The van der Waals surface area contributed by atoms with Crippen LogP contribution in [0.5, 0.6) is 0 Å². The number of rotatable bonds is 12. The summed E-state index contributed by atoms with van der Waals surface area (Å²) in [5.74, 6) is -1.49. The first kappa shape index (κ1) is 28.5. The van der Waals surface area contributed by atoms with Crippen molar-refractivity contribution in [3.63, 3.8) is 0 Å². The van der Waals surface area contributed by atoms with Gasteiger partial charge in [0.1, 0.15) is 18.4 Å². The molecule has 2 rings (SSSR count). The third-order valence-electron chi connectivity index (χ3n) is 5.37. The molecule has 0 aromatic heterocycles. The minimum atomic E-state index is -4.10. The number of nitrogens with one attached hydrogen (secondary N) is 1. The van der Waals surface area contributed by atoms with Crippen molar-refractivity contribution in [1.29, 1.82) is 0 Å². The monoisotopic (exact) mass is 526 g/mol. The van der Waals surface area contributed by atoms with E-state index < -0.39 is 34.5 Å². The average Bonchev–Trinajstić information content (AvgIpc) is 2.81. The Balaban J connectivity index is 2.40. The molecule has 11 heteroatoms. The van der Waals surface area contributed by atoms with Crippen molar-refractivity contribution in [3.8, 4) is 0 Å². The predicted octanol–water partition coefficient (Wildman–Crippen LogP) is 3.43. The number of hydrogen-bond donors (Lipinski definition) is 1. The highest BCUT2D eigenvalue weighted by Crippen LogP contribution is 2.21. The molecule has 0 aliphatic rings. The summed E-state index contributed by atoms with van der Waals surface area (Å²) in [7, 11) is -1.43. The van der Waals surface area contributed by atoms with Gasteiger partial charge in [-0.15, -0.1) is 0 Å². The third kappa shape index (κ3) is 7.91. The van der Waals surface area contributed by atoms with Gasteiger partial charge in [-0.2, -0.15) is 12.7 Å². The molecule has 2 amide bonds. The SMILES string of the molecule is CCCCNC(=O)[C@H](C)N(Cc1cccc(Cl)c1)C(=O)CN(c1ccc(F)cc1)S(=O)(=O)N(C)C. The number of unbranched alkanes of at least 4 members (excludes halogenated alkanes) is 1. The first-order valence-electron chi connectivity index (χ1n) is 11.2. The fourth-order valence-electron chi connectivity index (χ4n) is 3.27. The van der Waals surface area contributed by atoms with Crippen molar-refractivity contribution in [2.75, 3.05) is 31.5 Å². The number of hydrogen-bond acceptors (Lipinski definition) is 4. The fourth-order valence-corrected chi connectivity index (χ4v) is 4.54. The fraction of sp³-hybridized carbons (Fsp3) is 0.417. The lowest BCUT2D eigenvalue weighted by Crippen LogP contribution is -2.52. The van der Waals surface area contributed by atoms with Gasteiger partial charge in [0.15, 0.2) is 0 Å². The molecule has 0 saturated carbocycles. The van der Waals surface area contributed by atoms with Gasteiger partial charge in [0.25, 0.3) is 0 Å². The summed E-state index contributed by atoms with van der Waals surface area (Å²) in [6, 6.07) is 10.8. The maximum atomic E-state index is 13.5. The van der Waals surface area contributed by atoms with Gasteiger partial charge in [-0.25, -0.2) is 8.70 Å². The second-order valence-electron chi connectivity index (χ2n) is 8.25. The standard InChI is InChI=1S/C24H32ClFN4O4S/c1-5-6-14-27-24(32)18(2)29(16-19-8-7-9-20(25)15-19)23(31)17-30(35(33,34)28(3)4)22-12-10-21(26)11-13-22/h7-13,15,18H,5-6,14,16-17H2,1-4H3,(H,27,32)/t18-/m0/s1. The van der Waals surface area contributed by atoms with Gasteiger partial charge >= 0.3 is 10.2 Å². The Kier molecular flexibility index (Phi) is 10.5. The Hall–Kier alpha value is -2.69. The van der Waals surface area contributed by atoms with E-state index in [2.05, 4.69) is 5.32 Å². The number of nitrogens with zero attached hydrogens (tertiary/aromatic N) is 3. The third-order valence-corrected chi connectivity index (χ3v) is 7.43. The number of anilines is 1. The van der Waals surface area contributed by atoms with Crippen LogP contribution in [-0.2, 0) is 26.3 Å². The van der Waals surface area contributed by atoms with E-state index in [0.29, 0.717) is 17.1 Å². The maximum Gasteiger partial charge on any atom is 0.304 e. The van der Waals surface area contributed by atoms with Gasteiger partial charge in [-0.05, 0) is 55.3 Å². The molecule has 0 bridgehead atoms. The van der Waals surface area contributed by atoms with Crippen LogP contribution < -0.4 is 9.62 Å². The van der Waals surface area contributed by atoms with Crippen molar-refractivity contribution in [3.05, 3.63) is 64.9 Å². The summed E-state index contributed by atoms with van der Waals surface area (Å²) in [5, 5.41) is 3.29. The highest BCUT2D eigenvalue weighted by atomic mass is 35.5. The minimum absolute atomic E-state index is 0.0427. The molecule has 0 spiro atoms. The number of carbonyl (C=O) groups is 2. The van der Waals surface area contributed by atoms with E-state index in [4.69, 9.17) is 11.6 Å². The van der Waals surface area contributed by atoms with E-state index in [9.17, 15) is 22.4 Å². The number of carbonyl (C=O) groups excluding carboxylic acids is 2. The molecule has 8 nitrogen and oxygen atoms in total. The summed E-state index contributed by atoms with van der Waals surface area (Å²) in [6.07, 6.45) is 1.69. The van der Waals surface area contributed by atoms with E-state index in [1.54, 1.807) is 31.2 Å². The largest absolute Gasteiger partial charge is 0.354 e. The smallest absolute Gasteiger partial charge is 0.304 e. The van der Waals surface area contributed by atoms with Crippen LogP contribution >= 0.6 is 11.6 Å². The highest BCUT2D eigenvalue weighted by Gasteiger charge is 2.32. The van der Waals surface area contributed by atoms with Crippen LogP contribution in [0.3, 0.4) is 0 Å². The quantitative estimate of drug-likeness (QED) is 0.429. The molecule has 1 atom stereocenters. The molecule has 0 aliphatic carbocycles. The van der Waals surface area contributed by atoms with Gasteiger partial charge in [0.2, 0.25) is 11.8 Å². The topological polar surface area (TPSA) is 90.0 Å². The number of amides is 2. The van der Waals surface area contributed by atoms with E-state index >= 15 is 0 Å². The van der Waals surface area contributed by atoms with Crippen molar-refractivity contribution in [2.45, 2.75) is 39.3 Å². The number of halogens is 2. The Bertz CT molecular complexity index is 1110. The Morgan fingerprint density at radius 1 is 1.11 bits per heavy atom. The van der Waals surface area contributed by atoms with E-state index in [-0.39, 0.29) is 18.1 Å². The Morgan fingerprint density at radius 3 is 2.34 bits per heavy atom. The molecule has 0 fully saturated rings.